The zero-order valence-corrected chi connectivity index (χ0v) is 13.1. The summed E-state index contributed by atoms with van der Waals surface area (Å²) in [6.07, 6.45) is 2.22. The molecule has 1 aliphatic carbocycles. The zero-order valence-electron chi connectivity index (χ0n) is 11.6. The Kier molecular flexibility index (Phi) is 3.97. The summed E-state index contributed by atoms with van der Waals surface area (Å²) in [6.45, 7) is 0. The molecule has 3 N–H and O–H groups in total. The first-order chi connectivity index (χ1) is 10.1. The van der Waals surface area contributed by atoms with E-state index >= 15 is 0 Å². The van der Waals surface area contributed by atoms with E-state index in [0.717, 1.165) is 23.0 Å². The van der Waals surface area contributed by atoms with Crippen LogP contribution in [0.5, 0.6) is 0 Å². The summed E-state index contributed by atoms with van der Waals surface area (Å²) in [5.74, 6) is 0.221. The largest absolute Gasteiger partial charge is 0.382 e. The van der Waals surface area contributed by atoms with Gasteiger partial charge in [0.25, 0.3) is 0 Å². The van der Waals surface area contributed by atoms with E-state index in [-0.39, 0.29) is 5.91 Å². The first kappa shape index (κ1) is 14.1. The summed E-state index contributed by atoms with van der Waals surface area (Å²) >= 11 is 3.51. The molecule has 0 unspecified atom stereocenters. The summed E-state index contributed by atoms with van der Waals surface area (Å²) in [7, 11) is 0. The van der Waals surface area contributed by atoms with Crippen LogP contribution in [-0.2, 0) is 0 Å². The van der Waals surface area contributed by atoms with Gasteiger partial charge in [-0.05, 0) is 54.7 Å². The first-order valence-corrected chi connectivity index (χ1v) is 7.83. The van der Waals surface area contributed by atoms with Crippen molar-refractivity contribution in [2.75, 3.05) is 5.32 Å². The Morgan fingerprint density at radius 2 is 1.90 bits per heavy atom. The van der Waals surface area contributed by atoms with E-state index in [2.05, 4.69) is 39.4 Å². The molecule has 2 aromatic rings. The fourth-order valence-electron chi connectivity index (χ4n) is 2.77. The smallest absolute Gasteiger partial charge is 0.248 e. The van der Waals surface area contributed by atoms with E-state index in [0.29, 0.717) is 17.5 Å². The van der Waals surface area contributed by atoms with Gasteiger partial charge in [0.2, 0.25) is 5.91 Å². The van der Waals surface area contributed by atoms with Crippen molar-refractivity contribution in [1.29, 1.82) is 0 Å². The standard InChI is InChI=1S/C17H17BrN2O/c18-14-5-1-3-11(7-14)13-9-16(10-13)20-15-6-2-4-12(8-15)17(19)21/h1-8,13,16,20H,9-10H2,(H2,19,21). The maximum atomic E-state index is 11.2. The van der Waals surface area contributed by atoms with E-state index in [4.69, 9.17) is 5.73 Å². The molecule has 2 aromatic carbocycles. The number of hydrogen-bond acceptors (Lipinski definition) is 2. The molecule has 0 aromatic heterocycles. The van der Waals surface area contributed by atoms with Crippen LogP contribution in [0.3, 0.4) is 0 Å². The van der Waals surface area contributed by atoms with Crippen molar-refractivity contribution in [1.82, 2.24) is 0 Å². The molecule has 0 spiro atoms. The molecule has 108 valence electrons. The number of halogens is 1. The van der Waals surface area contributed by atoms with Gasteiger partial charge in [-0.2, -0.15) is 0 Å². The predicted molar refractivity (Wildman–Crippen MR) is 88.5 cm³/mol. The molecular weight excluding hydrogens is 328 g/mol. The van der Waals surface area contributed by atoms with Gasteiger partial charge in [-0.1, -0.05) is 34.1 Å². The molecule has 1 fully saturated rings. The maximum Gasteiger partial charge on any atom is 0.248 e. The minimum absolute atomic E-state index is 0.390. The summed E-state index contributed by atoms with van der Waals surface area (Å²) in [5, 5.41) is 3.47. The Morgan fingerprint density at radius 3 is 2.62 bits per heavy atom. The number of nitrogens with two attached hydrogens (primary N) is 1. The highest BCUT2D eigenvalue weighted by Crippen LogP contribution is 2.39. The van der Waals surface area contributed by atoms with Crippen molar-refractivity contribution >= 4 is 27.5 Å². The highest BCUT2D eigenvalue weighted by atomic mass is 79.9. The van der Waals surface area contributed by atoms with E-state index in [1.165, 1.54) is 5.56 Å². The van der Waals surface area contributed by atoms with Crippen LogP contribution in [0.4, 0.5) is 5.69 Å². The number of rotatable bonds is 4. The molecule has 0 bridgehead atoms. The van der Waals surface area contributed by atoms with Gasteiger partial charge in [-0.25, -0.2) is 0 Å². The van der Waals surface area contributed by atoms with Crippen LogP contribution in [0, 0.1) is 0 Å². The molecule has 4 heteroatoms. The Morgan fingerprint density at radius 1 is 1.14 bits per heavy atom. The van der Waals surface area contributed by atoms with Crippen molar-refractivity contribution in [2.45, 2.75) is 24.8 Å². The number of carbonyl (C=O) groups excluding carboxylic acids is 1. The normalized spacial score (nSPS) is 20.6. The molecule has 0 saturated heterocycles. The first-order valence-electron chi connectivity index (χ1n) is 7.03. The van der Waals surface area contributed by atoms with Crippen LogP contribution >= 0.6 is 15.9 Å². The summed E-state index contributed by atoms with van der Waals surface area (Å²) < 4.78 is 1.13. The average molecular weight is 345 g/mol. The summed E-state index contributed by atoms with van der Waals surface area (Å²) in [4.78, 5) is 11.2. The minimum atomic E-state index is -0.390. The van der Waals surface area contributed by atoms with Gasteiger partial charge >= 0.3 is 0 Å². The van der Waals surface area contributed by atoms with Crippen LogP contribution < -0.4 is 11.1 Å². The van der Waals surface area contributed by atoms with Crippen LogP contribution in [0.2, 0.25) is 0 Å². The SMILES string of the molecule is NC(=O)c1cccc(NC2CC(c3cccc(Br)c3)C2)c1. The van der Waals surface area contributed by atoms with Crippen LogP contribution in [0.1, 0.15) is 34.7 Å². The van der Waals surface area contributed by atoms with Gasteiger partial charge in [0, 0.05) is 21.8 Å². The molecule has 1 saturated carbocycles. The highest BCUT2D eigenvalue weighted by Gasteiger charge is 2.30. The van der Waals surface area contributed by atoms with Gasteiger partial charge in [0.05, 0.1) is 0 Å². The van der Waals surface area contributed by atoms with Crippen molar-refractivity contribution in [3.63, 3.8) is 0 Å². The van der Waals surface area contributed by atoms with Gasteiger partial charge in [-0.3, -0.25) is 4.79 Å². The lowest BCUT2D eigenvalue weighted by molar-refractivity contribution is 0.100. The fraction of sp³-hybridized carbons (Fsp3) is 0.235. The summed E-state index contributed by atoms with van der Waals surface area (Å²) in [6, 6.07) is 16.3. The number of hydrogen-bond donors (Lipinski definition) is 2. The van der Waals surface area contributed by atoms with Crippen LogP contribution in [0.15, 0.2) is 53.0 Å². The number of benzene rings is 2. The molecule has 3 nitrogen and oxygen atoms in total. The molecule has 0 atom stereocenters. The number of amides is 1. The predicted octanol–water partition coefficient (Wildman–Crippen LogP) is 3.91. The highest BCUT2D eigenvalue weighted by molar-refractivity contribution is 9.10. The third-order valence-electron chi connectivity index (χ3n) is 3.98. The Bertz CT molecular complexity index is 665. The van der Waals surface area contributed by atoms with E-state index in [9.17, 15) is 4.79 Å². The van der Waals surface area contributed by atoms with Crippen molar-refractivity contribution in [3.05, 3.63) is 64.1 Å². The fourth-order valence-corrected chi connectivity index (χ4v) is 3.18. The lowest BCUT2D eigenvalue weighted by Crippen LogP contribution is -2.34. The lowest BCUT2D eigenvalue weighted by Gasteiger charge is -2.37. The molecule has 21 heavy (non-hydrogen) atoms. The van der Waals surface area contributed by atoms with Gasteiger partial charge in [0.15, 0.2) is 0 Å². The molecule has 0 radical (unpaired) electrons. The zero-order chi connectivity index (χ0) is 14.8. The average Bonchev–Trinajstić information content (AvgIpc) is 2.42. The Balaban J connectivity index is 1.60. The van der Waals surface area contributed by atoms with Gasteiger partial charge < -0.3 is 11.1 Å². The third kappa shape index (κ3) is 3.27. The van der Waals surface area contributed by atoms with E-state index in [1.807, 2.05) is 24.3 Å². The van der Waals surface area contributed by atoms with E-state index < -0.39 is 0 Å². The van der Waals surface area contributed by atoms with Crippen molar-refractivity contribution < 1.29 is 4.79 Å². The lowest BCUT2D eigenvalue weighted by atomic mass is 9.76. The molecule has 0 aliphatic heterocycles. The van der Waals surface area contributed by atoms with Gasteiger partial charge in [0.1, 0.15) is 0 Å². The second-order valence-electron chi connectivity index (χ2n) is 5.51. The molecule has 3 rings (SSSR count). The van der Waals surface area contributed by atoms with Crippen LogP contribution in [0.25, 0.3) is 0 Å². The quantitative estimate of drug-likeness (QED) is 0.883. The number of anilines is 1. The number of primary amides is 1. The van der Waals surface area contributed by atoms with Gasteiger partial charge in [-0.15, -0.1) is 0 Å². The Labute approximate surface area is 132 Å². The second kappa shape index (κ2) is 5.90. The number of nitrogens with one attached hydrogen (secondary N) is 1. The molecular formula is C17H17BrN2O. The van der Waals surface area contributed by atoms with Crippen molar-refractivity contribution in [2.24, 2.45) is 5.73 Å². The van der Waals surface area contributed by atoms with E-state index in [1.54, 1.807) is 6.07 Å². The topological polar surface area (TPSA) is 55.1 Å². The third-order valence-corrected chi connectivity index (χ3v) is 4.47. The summed E-state index contributed by atoms with van der Waals surface area (Å²) in [5.41, 5.74) is 8.19. The molecule has 0 heterocycles. The Hall–Kier alpha value is -1.81. The second-order valence-corrected chi connectivity index (χ2v) is 6.43. The monoisotopic (exact) mass is 344 g/mol. The minimum Gasteiger partial charge on any atom is -0.382 e. The van der Waals surface area contributed by atoms with Crippen molar-refractivity contribution in [3.8, 4) is 0 Å². The molecule has 1 aliphatic rings. The number of carbonyl (C=O) groups is 1. The molecule has 1 amide bonds. The van der Waals surface area contributed by atoms with Crippen LogP contribution in [-0.4, -0.2) is 11.9 Å². The maximum absolute atomic E-state index is 11.2.